The molecule has 2 rings (SSSR count). The van der Waals surface area contributed by atoms with Crippen molar-refractivity contribution in [3.63, 3.8) is 0 Å². The van der Waals surface area contributed by atoms with Gasteiger partial charge in [0.1, 0.15) is 6.23 Å². The lowest BCUT2D eigenvalue weighted by molar-refractivity contribution is 0.000451. The van der Waals surface area contributed by atoms with Gasteiger partial charge in [-0.1, -0.05) is 5.92 Å². The predicted molar refractivity (Wildman–Crippen MR) is 66.2 cm³/mol. The van der Waals surface area contributed by atoms with Crippen LogP contribution in [0.5, 0.6) is 0 Å². The quantitative estimate of drug-likeness (QED) is 0.554. The maximum absolute atomic E-state index is 11.6. The van der Waals surface area contributed by atoms with Gasteiger partial charge in [0.05, 0.1) is 12.6 Å². The number of rotatable bonds is 4. The molecule has 18 heavy (non-hydrogen) atoms. The zero-order chi connectivity index (χ0) is 13.0. The summed E-state index contributed by atoms with van der Waals surface area (Å²) in [5, 5.41) is 3.07. The highest BCUT2D eigenvalue weighted by Gasteiger charge is 2.26. The fourth-order valence-electron chi connectivity index (χ4n) is 2.00. The van der Waals surface area contributed by atoms with Crippen LogP contribution in [0, 0.1) is 12.3 Å². The predicted octanol–water partition coefficient (Wildman–Crippen LogP) is -0.563. The normalized spacial score (nSPS) is 22.8. The van der Waals surface area contributed by atoms with E-state index < -0.39 is 11.2 Å². The summed E-state index contributed by atoms with van der Waals surface area (Å²) in [5.41, 5.74) is -0.841. The Morgan fingerprint density at radius 3 is 3.11 bits per heavy atom. The topological polar surface area (TPSA) is 76.1 Å². The van der Waals surface area contributed by atoms with Crippen LogP contribution in [0.1, 0.15) is 19.1 Å². The van der Waals surface area contributed by atoms with Gasteiger partial charge in [-0.05, 0) is 12.8 Å². The van der Waals surface area contributed by atoms with Crippen LogP contribution in [0.25, 0.3) is 0 Å². The van der Waals surface area contributed by atoms with Crippen LogP contribution in [0.3, 0.4) is 0 Å². The van der Waals surface area contributed by atoms with E-state index in [4.69, 9.17) is 11.2 Å². The van der Waals surface area contributed by atoms with Gasteiger partial charge in [0.25, 0.3) is 5.56 Å². The van der Waals surface area contributed by atoms with Gasteiger partial charge in [0.15, 0.2) is 0 Å². The molecule has 1 aromatic rings. The second-order valence-corrected chi connectivity index (χ2v) is 4.14. The summed E-state index contributed by atoms with van der Waals surface area (Å²) in [6.45, 7) is 1.17. The molecule has 1 aromatic heterocycles. The van der Waals surface area contributed by atoms with E-state index in [9.17, 15) is 9.59 Å². The van der Waals surface area contributed by atoms with Gasteiger partial charge in [-0.15, -0.1) is 6.42 Å². The number of H-pyrrole nitrogens is 1. The first-order chi connectivity index (χ1) is 8.70. The Labute approximate surface area is 104 Å². The molecule has 0 saturated carbocycles. The molecule has 0 spiro atoms. The van der Waals surface area contributed by atoms with Gasteiger partial charge in [-0.3, -0.25) is 14.3 Å². The zero-order valence-corrected chi connectivity index (χ0v) is 9.89. The molecule has 1 aliphatic rings. The zero-order valence-electron chi connectivity index (χ0n) is 9.89. The Morgan fingerprint density at radius 2 is 2.39 bits per heavy atom. The highest BCUT2D eigenvalue weighted by Crippen LogP contribution is 2.26. The fraction of sp³-hybridized carbons (Fsp3) is 0.500. The van der Waals surface area contributed by atoms with Crippen molar-refractivity contribution in [2.45, 2.75) is 25.2 Å². The first-order valence-corrected chi connectivity index (χ1v) is 5.82. The number of terminal acetylenes is 1. The standard InChI is InChI=1S/C12H15N3O3/c1-2-6-13-8-9-3-4-11(18-9)15-7-5-10(16)14-12(15)17/h1,5,7,9,11,13H,3-4,6,8H2,(H,14,16,17). The Kier molecular flexibility index (Phi) is 3.97. The Morgan fingerprint density at radius 1 is 1.56 bits per heavy atom. The second kappa shape index (κ2) is 5.67. The number of aromatic amines is 1. The molecule has 0 radical (unpaired) electrons. The van der Waals surface area contributed by atoms with E-state index >= 15 is 0 Å². The van der Waals surface area contributed by atoms with Crippen LogP contribution < -0.4 is 16.6 Å². The molecule has 1 aliphatic heterocycles. The maximum Gasteiger partial charge on any atom is 0.330 e. The lowest BCUT2D eigenvalue weighted by Gasteiger charge is -2.15. The lowest BCUT2D eigenvalue weighted by atomic mass is 10.2. The minimum Gasteiger partial charge on any atom is -0.353 e. The van der Waals surface area contributed by atoms with Crippen molar-refractivity contribution in [1.29, 1.82) is 0 Å². The van der Waals surface area contributed by atoms with Gasteiger partial charge >= 0.3 is 5.69 Å². The Bertz CT molecular complexity index is 555. The van der Waals surface area contributed by atoms with Gasteiger partial charge in [0.2, 0.25) is 0 Å². The van der Waals surface area contributed by atoms with Gasteiger partial charge < -0.3 is 10.1 Å². The van der Waals surface area contributed by atoms with Crippen molar-refractivity contribution in [2.75, 3.05) is 13.1 Å². The van der Waals surface area contributed by atoms with Crippen LogP contribution in [0.4, 0.5) is 0 Å². The lowest BCUT2D eigenvalue weighted by Crippen LogP contribution is -2.32. The monoisotopic (exact) mass is 249 g/mol. The maximum atomic E-state index is 11.6. The van der Waals surface area contributed by atoms with E-state index in [0.717, 1.165) is 12.8 Å². The van der Waals surface area contributed by atoms with Crippen LogP contribution in [0.2, 0.25) is 0 Å². The largest absolute Gasteiger partial charge is 0.353 e. The van der Waals surface area contributed by atoms with Gasteiger partial charge in [-0.25, -0.2) is 4.79 Å². The van der Waals surface area contributed by atoms with E-state index in [1.165, 1.54) is 16.8 Å². The molecular weight excluding hydrogens is 234 g/mol. The van der Waals surface area contributed by atoms with Crippen LogP contribution >= 0.6 is 0 Å². The molecule has 96 valence electrons. The summed E-state index contributed by atoms with van der Waals surface area (Å²) in [7, 11) is 0. The molecule has 2 atom stereocenters. The summed E-state index contributed by atoms with van der Waals surface area (Å²) in [6.07, 6.45) is 7.92. The fourth-order valence-corrected chi connectivity index (χ4v) is 2.00. The number of nitrogens with one attached hydrogen (secondary N) is 2. The molecular formula is C12H15N3O3. The molecule has 0 amide bonds. The van der Waals surface area contributed by atoms with Gasteiger partial charge in [-0.2, -0.15) is 0 Å². The minimum atomic E-state index is -0.440. The first-order valence-electron chi connectivity index (χ1n) is 5.82. The highest BCUT2D eigenvalue weighted by atomic mass is 16.5. The molecule has 1 fully saturated rings. The summed E-state index contributed by atoms with van der Waals surface area (Å²) in [5.74, 6) is 2.49. The number of nitrogens with zero attached hydrogens (tertiary/aromatic N) is 1. The first kappa shape index (κ1) is 12.6. The summed E-state index contributed by atoms with van der Waals surface area (Å²) in [4.78, 5) is 24.7. The third kappa shape index (κ3) is 2.88. The molecule has 0 aromatic carbocycles. The smallest absolute Gasteiger partial charge is 0.330 e. The number of hydrogen-bond donors (Lipinski definition) is 2. The molecule has 0 bridgehead atoms. The summed E-state index contributed by atoms with van der Waals surface area (Å²) >= 11 is 0. The summed E-state index contributed by atoms with van der Waals surface area (Å²) in [6, 6.07) is 1.31. The molecule has 1 saturated heterocycles. The van der Waals surface area contributed by atoms with Crippen molar-refractivity contribution in [1.82, 2.24) is 14.9 Å². The van der Waals surface area contributed by atoms with Crippen molar-refractivity contribution in [2.24, 2.45) is 0 Å². The third-order valence-electron chi connectivity index (χ3n) is 2.85. The molecule has 0 aliphatic carbocycles. The van der Waals surface area contributed by atoms with Crippen molar-refractivity contribution >= 4 is 0 Å². The summed E-state index contributed by atoms with van der Waals surface area (Å²) < 4.78 is 7.13. The highest BCUT2D eigenvalue weighted by molar-refractivity contribution is 4.88. The van der Waals surface area contributed by atoms with E-state index in [1.54, 1.807) is 0 Å². The Hall–Kier alpha value is -1.84. The van der Waals surface area contributed by atoms with Crippen LogP contribution in [-0.2, 0) is 4.74 Å². The molecule has 6 heteroatoms. The number of ether oxygens (including phenoxy) is 1. The second-order valence-electron chi connectivity index (χ2n) is 4.14. The molecule has 2 N–H and O–H groups in total. The number of aromatic nitrogens is 2. The average molecular weight is 249 g/mol. The average Bonchev–Trinajstić information content (AvgIpc) is 2.78. The van der Waals surface area contributed by atoms with E-state index in [-0.39, 0.29) is 12.3 Å². The van der Waals surface area contributed by atoms with E-state index in [1.807, 2.05) is 0 Å². The van der Waals surface area contributed by atoms with Gasteiger partial charge in [0, 0.05) is 18.8 Å². The molecule has 2 unspecified atom stereocenters. The number of hydrogen-bond acceptors (Lipinski definition) is 4. The van der Waals surface area contributed by atoms with E-state index in [2.05, 4.69) is 16.2 Å². The SMILES string of the molecule is C#CCNCC1CCC(n2ccc(=O)[nH]c2=O)O1. The molecule has 6 nitrogen and oxygen atoms in total. The van der Waals surface area contributed by atoms with Crippen LogP contribution in [-0.4, -0.2) is 28.7 Å². The van der Waals surface area contributed by atoms with Crippen molar-refractivity contribution in [3.05, 3.63) is 33.1 Å². The third-order valence-corrected chi connectivity index (χ3v) is 2.85. The molecule has 2 heterocycles. The van der Waals surface area contributed by atoms with Crippen molar-refractivity contribution < 1.29 is 4.74 Å². The van der Waals surface area contributed by atoms with Crippen LogP contribution in [0.15, 0.2) is 21.9 Å². The van der Waals surface area contributed by atoms with Crippen molar-refractivity contribution in [3.8, 4) is 12.3 Å². The van der Waals surface area contributed by atoms with E-state index in [0.29, 0.717) is 13.1 Å². The minimum absolute atomic E-state index is 0.0437. The Balaban J connectivity index is 1.98.